The standard InChI is InChI=1S/C74H132O6/c1-4-7-10-13-16-19-22-25-28-29-30-31-32-33-34-35-36-37-38-39-40-41-42-43-44-45-47-49-52-55-58-61-64-67-73(76)79-70-71(69-78-72(75)66-63-60-57-54-51-48-27-24-21-18-15-12-9-6-3)80-74(77)68-65-62-59-56-53-50-46-26-23-20-17-14-11-8-5-2/h7,10,16,19,24-28,30-31,46,71H,4-6,8-9,11-15,17-18,20-23,29,32-45,47-70H2,1-3H3/b10-7-,19-16-,27-24-,28-25-,31-30-,46-26-. The minimum atomic E-state index is -0.781. The molecule has 0 saturated carbocycles. The summed E-state index contributed by atoms with van der Waals surface area (Å²) in [6, 6.07) is 0. The highest BCUT2D eigenvalue weighted by atomic mass is 16.6. The molecule has 0 aliphatic carbocycles. The molecule has 0 aromatic carbocycles. The highest BCUT2D eigenvalue weighted by molar-refractivity contribution is 5.71. The molecule has 1 unspecified atom stereocenters. The number of unbranched alkanes of at least 4 members (excludes halogenated alkanes) is 41. The lowest BCUT2D eigenvalue weighted by Gasteiger charge is -2.18. The maximum Gasteiger partial charge on any atom is 0.306 e. The molecule has 0 rings (SSSR count). The molecule has 0 aromatic rings. The summed E-state index contributed by atoms with van der Waals surface area (Å²) in [4.78, 5) is 38.3. The molecule has 0 aliphatic rings. The average Bonchev–Trinajstić information content (AvgIpc) is 3.46. The van der Waals surface area contributed by atoms with Gasteiger partial charge in [-0.3, -0.25) is 14.4 Å². The molecule has 0 bridgehead atoms. The van der Waals surface area contributed by atoms with E-state index in [0.717, 1.165) is 96.3 Å². The molecule has 0 saturated heterocycles. The molecule has 0 heterocycles. The first kappa shape index (κ1) is 76.9. The number of carbonyl (C=O) groups is 3. The van der Waals surface area contributed by atoms with Crippen molar-refractivity contribution in [1.29, 1.82) is 0 Å². The summed E-state index contributed by atoms with van der Waals surface area (Å²) in [5, 5.41) is 0. The molecule has 6 nitrogen and oxygen atoms in total. The quantitative estimate of drug-likeness (QED) is 0.0261. The number of hydrogen-bond acceptors (Lipinski definition) is 6. The molecule has 0 fully saturated rings. The van der Waals surface area contributed by atoms with E-state index >= 15 is 0 Å². The third-order valence-electron chi connectivity index (χ3n) is 15.4. The minimum absolute atomic E-state index is 0.0766. The van der Waals surface area contributed by atoms with Crippen molar-refractivity contribution in [2.24, 2.45) is 0 Å². The van der Waals surface area contributed by atoms with Gasteiger partial charge in [0.05, 0.1) is 0 Å². The summed E-state index contributed by atoms with van der Waals surface area (Å²) < 4.78 is 16.9. The number of esters is 3. The zero-order valence-electron chi connectivity index (χ0n) is 53.3. The highest BCUT2D eigenvalue weighted by Crippen LogP contribution is 2.18. The second kappa shape index (κ2) is 68.3. The van der Waals surface area contributed by atoms with Gasteiger partial charge >= 0.3 is 17.9 Å². The molecular formula is C74H132O6. The van der Waals surface area contributed by atoms with Crippen LogP contribution in [0.2, 0.25) is 0 Å². The molecule has 464 valence electrons. The van der Waals surface area contributed by atoms with Gasteiger partial charge in [0.1, 0.15) is 13.2 Å². The molecule has 80 heavy (non-hydrogen) atoms. The number of hydrogen-bond donors (Lipinski definition) is 0. The molecule has 1 atom stereocenters. The Balaban J connectivity index is 4.14. The molecule has 0 amide bonds. The van der Waals surface area contributed by atoms with Crippen LogP contribution in [0.25, 0.3) is 0 Å². The summed E-state index contributed by atoms with van der Waals surface area (Å²) in [6.07, 6.45) is 89.4. The van der Waals surface area contributed by atoms with Crippen LogP contribution in [0.5, 0.6) is 0 Å². The van der Waals surface area contributed by atoms with Gasteiger partial charge in [-0.2, -0.15) is 0 Å². The molecule has 0 radical (unpaired) electrons. The first-order valence-electron chi connectivity index (χ1n) is 34.9. The third kappa shape index (κ3) is 65.7. The third-order valence-corrected chi connectivity index (χ3v) is 15.4. The van der Waals surface area contributed by atoms with Crippen LogP contribution in [0, 0.1) is 0 Å². The zero-order valence-corrected chi connectivity index (χ0v) is 53.3. The fraction of sp³-hybridized carbons (Fsp3) is 0.797. The van der Waals surface area contributed by atoms with E-state index in [-0.39, 0.29) is 31.1 Å². The Morgan fingerprint density at radius 3 is 0.775 bits per heavy atom. The van der Waals surface area contributed by atoms with Crippen molar-refractivity contribution in [3.63, 3.8) is 0 Å². The van der Waals surface area contributed by atoms with Crippen LogP contribution in [-0.2, 0) is 28.6 Å². The van der Waals surface area contributed by atoms with Crippen LogP contribution in [-0.4, -0.2) is 37.2 Å². The first-order chi connectivity index (χ1) is 39.5. The van der Waals surface area contributed by atoms with Gasteiger partial charge in [-0.05, 0) is 109 Å². The SMILES string of the molecule is CC/C=C\C/C=C\C/C=C\C/C=C\CCCCCCCCCCCCCCCCCCCCCCC(=O)OCC(COC(=O)CCCCCCC/C=C\CCCCCCC)OC(=O)CCCCCCC/C=C\CCCCCCCC. The second-order valence-electron chi connectivity index (χ2n) is 23.4. The smallest absolute Gasteiger partial charge is 0.306 e. The fourth-order valence-electron chi connectivity index (χ4n) is 10.2. The van der Waals surface area contributed by atoms with E-state index in [4.69, 9.17) is 14.2 Å². The van der Waals surface area contributed by atoms with Crippen LogP contribution in [0.15, 0.2) is 72.9 Å². The Morgan fingerprint density at radius 1 is 0.263 bits per heavy atom. The Bertz CT molecular complexity index is 1470. The van der Waals surface area contributed by atoms with Crippen molar-refractivity contribution in [3.8, 4) is 0 Å². The van der Waals surface area contributed by atoms with Crippen molar-refractivity contribution in [1.82, 2.24) is 0 Å². The number of rotatable bonds is 64. The van der Waals surface area contributed by atoms with Crippen LogP contribution in [0.1, 0.15) is 361 Å². The van der Waals surface area contributed by atoms with Gasteiger partial charge < -0.3 is 14.2 Å². The minimum Gasteiger partial charge on any atom is -0.462 e. The molecule has 0 aliphatic heterocycles. The van der Waals surface area contributed by atoms with Gasteiger partial charge in [-0.25, -0.2) is 0 Å². The van der Waals surface area contributed by atoms with E-state index in [2.05, 4.69) is 93.7 Å². The van der Waals surface area contributed by atoms with Gasteiger partial charge in [0.25, 0.3) is 0 Å². The summed E-state index contributed by atoms with van der Waals surface area (Å²) in [5.74, 6) is -0.874. The first-order valence-corrected chi connectivity index (χ1v) is 34.9. The van der Waals surface area contributed by atoms with E-state index in [1.54, 1.807) is 0 Å². The van der Waals surface area contributed by atoms with Gasteiger partial charge in [0.15, 0.2) is 6.10 Å². The van der Waals surface area contributed by atoms with Gasteiger partial charge in [0, 0.05) is 19.3 Å². The Kier molecular flexibility index (Phi) is 65.7. The van der Waals surface area contributed by atoms with E-state index in [0.29, 0.717) is 19.3 Å². The van der Waals surface area contributed by atoms with E-state index in [1.807, 2.05) is 0 Å². The second-order valence-corrected chi connectivity index (χ2v) is 23.4. The average molecular weight is 1120 g/mol. The summed E-state index contributed by atoms with van der Waals surface area (Å²) in [7, 11) is 0. The van der Waals surface area contributed by atoms with E-state index in [1.165, 1.54) is 225 Å². The Morgan fingerprint density at radius 2 is 0.487 bits per heavy atom. The summed E-state index contributed by atoms with van der Waals surface area (Å²) in [6.45, 7) is 6.55. The number of ether oxygens (including phenoxy) is 3. The van der Waals surface area contributed by atoms with Crippen molar-refractivity contribution >= 4 is 17.9 Å². The summed E-state index contributed by atoms with van der Waals surface area (Å²) >= 11 is 0. The van der Waals surface area contributed by atoms with Crippen LogP contribution in [0.3, 0.4) is 0 Å². The maximum atomic E-state index is 12.9. The fourth-order valence-corrected chi connectivity index (χ4v) is 10.2. The maximum absolute atomic E-state index is 12.9. The van der Waals surface area contributed by atoms with Crippen LogP contribution in [0.4, 0.5) is 0 Å². The van der Waals surface area contributed by atoms with Crippen molar-refractivity contribution in [2.75, 3.05) is 13.2 Å². The van der Waals surface area contributed by atoms with Crippen molar-refractivity contribution in [3.05, 3.63) is 72.9 Å². The highest BCUT2D eigenvalue weighted by Gasteiger charge is 2.19. The number of carbonyl (C=O) groups excluding carboxylic acids is 3. The topological polar surface area (TPSA) is 78.9 Å². The molecule has 0 N–H and O–H groups in total. The normalized spacial score (nSPS) is 12.5. The van der Waals surface area contributed by atoms with Gasteiger partial charge in [-0.15, -0.1) is 0 Å². The lowest BCUT2D eigenvalue weighted by molar-refractivity contribution is -0.167. The van der Waals surface area contributed by atoms with E-state index in [9.17, 15) is 14.4 Å². The Hall–Kier alpha value is -3.15. The largest absolute Gasteiger partial charge is 0.462 e. The molecule has 0 aromatic heterocycles. The summed E-state index contributed by atoms with van der Waals surface area (Å²) in [5.41, 5.74) is 0. The van der Waals surface area contributed by atoms with Crippen molar-refractivity contribution < 1.29 is 28.6 Å². The monoisotopic (exact) mass is 1120 g/mol. The van der Waals surface area contributed by atoms with Crippen LogP contribution >= 0.6 is 0 Å². The predicted octanol–water partition coefficient (Wildman–Crippen LogP) is 24.1. The molecule has 0 spiro atoms. The predicted molar refractivity (Wildman–Crippen MR) is 348 cm³/mol. The van der Waals surface area contributed by atoms with Gasteiger partial charge in [0.2, 0.25) is 0 Å². The number of allylic oxidation sites excluding steroid dienone is 12. The van der Waals surface area contributed by atoms with Crippen molar-refractivity contribution in [2.45, 2.75) is 367 Å². The van der Waals surface area contributed by atoms with E-state index < -0.39 is 6.10 Å². The molecule has 6 heteroatoms. The molecular weight excluding hydrogens is 985 g/mol. The Labute approximate surface area is 497 Å². The van der Waals surface area contributed by atoms with Gasteiger partial charge in [-0.1, -0.05) is 306 Å². The van der Waals surface area contributed by atoms with Crippen LogP contribution < -0.4 is 0 Å². The lowest BCUT2D eigenvalue weighted by atomic mass is 10.0. The zero-order chi connectivity index (χ0) is 57.8. The lowest BCUT2D eigenvalue weighted by Crippen LogP contribution is -2.30.